The molecule has 0 atom stereocenters. The van der Waals surface area contributed by atoms with Gasteiger partial charge < -0.3 is 14.9 Å². The van der Waals surface area contributed by atoms with E-state index in [9.17, 15) is 4.79 Å². The number of anilines is 2. The maximum Gasteiger partial charge on any atom is 0.162 e. The minimum absolute atomic E-state index is 0.177. The van der Waals surface area contributed by atoms with Crippen LogP contribution in [0.15, 0.2) is 42.5 Å². The van der Waals surface area contributed by atoms with Crippen molar-refractivity contribution in [2.24, 2.45) is 0 Å². The fourth-order valence-corrected chi connectivity index (χ4v) is 3.33. The molecule has 2 aromatic rings. The average molecular weight is 406 g/mol. The number of benzene rings is 2. The zero-order valence-corrected chi connectivity index (χ0v) is 17.6. The Labute approximate surface area is 172 Å². The number of hydrogen-bond donors (Lipinski definition) is 3. The maximum atomic E-state index is 12.4. The van der Waals surface area contributed by atoms with Crippen molar-refractivity contribution in [3.05, 3.63) is 58.6 Å². The molecular weight excluding hydrogens is 378 g/mol. The second kappa shape index (κ2) is 11.2. The topological polar surface area (TPSA) is 44.4 Å². The van der Waals surface area contributed by atoms with E-state index in [1.54, 1.807) is 4.31 Å². The van der Waals surface area contributed by atoms with Gasteiger partial charge in [0.25, 0.3) is 0 Å². The molecule has 0 spiro atoms. The average Bonchev–Trinajstić information content (AvgIpc) is 2.67. The fourth-order valence-electron chi connectivity index (χ4n) is 2.92. The predicted molar refractivity (Wildman–Crippen MR) is 120 cm³/mol. The molecule has 0 radical (unpaired) electrons. The van der Waals surface area contributed by atoms with Crippen LogP contribution in [0.5, 0.6) is 0 Å². The van der Waals surface area contributed by atoms with Crippen LogP contribution in [-0.4, -0.2) is 33.0 Å². The Morgan fingerprint density at radius 2 is 1.93 bits per heavy atom. The van der Waals surface area contributed by atoms with Crippen LogP contribution >= 0.6 is 24.4 Å². The van der Waals surface area contributed by atoms with Crippen molar-refractivity contribution in [2.45, 2.75) is 25.7 Å². The maximum absolute atomic E-state index is 12.4. The highest BCUT2D eigenvalue weighted by Gasteiger charge is 2.10. The van der Waals surface area contributed by atoms with Crippen LogP contribution in [0.3, 0.4) is 0 Å². The first kappa shape index (κ1) is 21.6. The second-order valence-electron chi connectivity index (χ2n) is 6.48. The number of halogens is 1. The number of Topliss-reactive ketones (excluding diaryl/α,β-unsaturated/α-hetero) is 1. The number of hydrogen-bond acceptors (Lipinski definition) is 5. The van der Waals surface area contributed by atoms with Gasteiger partial charge in [0.05, 0.1) is 11.4 Å². The van der Waals surface area contributed by atoms with E-state index in [-0.39, 0.29) is 5.78 Å². The Kier molecular flexibility index (Phi) is 8.98. The molecule has 2 N–H and O–H groups in total. The molecule has 0 aromatic heterocycles. The predicted octanol–water partition coefficient (Wildman–Crippen LogP) is 4.85. The SMILES string of the molecule is CNc1cc(C(=O)CCCCNCCc2ccccc2Cl)ccc1N(C)S. The third kappa shape index (κ3) is 6.76. The molecule has 146 valence electrons. The van der Waals surface area contributed by atoms with Crippen molar-refractivity contribution in [1.29, 1.82) is 0 Å². The summed E-state index contributed by atoms with van der Waals surface area (Å²) in [6.07, 6.45) is 3.33. The molecule has 0 unspecified atom stereocenters. The number of unbranched alkanes of at least 4 members (excludes halogenated alkanes) is 1. The van der Waals surface area contributed by atoms with Crippen LogP contribution in [0.2, 0.25) is 5.02 Å². The third-order valence-electron chi connectivity index (χ3n) is 4.47. The Hall–Kier alpha value is -1.69. The molecule has 2 rings (SSSR count). The van der Waals surface area contributed by atoms with E-state index in [0.717, 1.165) is 59.9 Å². The Morgan fingerprint density at radius 3 is 2.63 bits per heavy atom. The molecule has 0 saturated heterocycles. The van der Waals surface area contributed by atoms with Crippen LogP contribution in [0, 0.1) is 0 Å². The van der Waals surface area contributed by atoms with Crippen molar-refractivity contribution in [3.63, 3.8) is 0 Å². The summed E-state index contributed by atoms with van der Waals surface area (Å²) < 4.78 is 1.73. The number of ketones is 1. The molecule has 0 aliphatic rings. The van der Waals surface area contributed by atoms with Gasteiger partial charge in [0, 0.05) is 31.1 Å². The summed E-state index contributed by atoms with van der Waals surface area (Å²) in [5, 5.41) is 7.36. The lowest BCUT2D eigenvalue weighted by atomic mass is 10.0. The van der Waals surface area contributed by atoms with Crippen LogP contribution in [0.1, 0.15) is 35.2 Å². The van der Waals surface area contributed by atoms with Crippen molar-refractivity contribution in [1.82, 2.24) is 5.32 Å². The molecule has 0 aliphatic heterocycles. The highest BCUT2D eigenvalue weighted by atomic mass is 35.5. The smallest absolute Gasteiger partial charge is 0.162 e. The van der Waals surface area contributed by atoms with E-state index in [1.165, 1.54) is 0 Å². The van der Waals surface area contributed by atoms with Gasteiger partial charge in [-0.1, -0.05) is 42.6 Å². The minimum Gasteiger partial charge on any atom is -0.386 e. The monoisotopic (exact) mass is 405 g/mol. The molecule has 0 fully saturated rings. The number of nitrogens with one attached hydrogen (secondary N) is 2. The minimum atomic E-state index is 0.177. The van der Waals surface area contributed by atoms with E-state index in [1.807, 2.05) is 50.5 Å². The Morgan fingerprint density at radius 1 is 1.15 bits per heavy atom. The molecule has 0 saturated carbocycles. The number of carbonyl (C=O) groups excluding carboxylic acids is 1. The quantitative estimate of drug-likeness (QED) is 0.284. The molecular formula is C21H28ClN3OS. The van der Waals surface area contributed by atoms with Crippen LogP contribution in [0.4, 0.5) is 11.4 Å². The fraction of sp³-hybridized carbons (Fsp3) is 0.381. The van der Waals surface area contributed by atoms with Gasteiger partial charge in [-0.2, -0.15) is 0 Å². The van der Waals surface area contributed by atoms with Gasteiger partial charge >= 0.3 is 0 Å². The zero-order valence-electron chi connectivity index (χ0n) is 16.0. The molecule has 27 heavy (non-hydrogen) atoms. The first-order valence-corrected chi connectivity index (χ1v) is 10.0. The van der Waals surface area contributed by atoms with Crippen LogP contribution in [0.25, 0.3) is 0 Å². The molecule has 0 heterocycles. The van der Waals surface area contributed by atoms with E-state index < -0.39 is 0 Å². The summed E-state index contributed by atoms with van der Waals surface area (Å²) in [6.45, 7) is 1.80. The lowest BCUT2D eigenvalue weighted by Crippen LogP contribution is -2.18. The van der Waals surface area contributed by atoms with Gasteiger partial charge in [0.2, 0.25) is 0 Å². The van der Waals surface area contributed by atoms with Crippen molar-refractivity contribution in [3.8, 4) is 0 Å². The molecule has 6 heteroatoms. The Bertz CT molecular complexity index is 752. The second-order valence-corrected chi connectivity index (χ2v) is 7.48. The zero-order chi connectivity index (χ0) is 19.6. The standard InChI is InChI=1S/C21H28ClN3OS/c1-23-19-15-17(10-11-20(19)25(2)27)21(26)9-5-6-13-24-14-12-16-7-3-4-8-18(16)22/h3-4,7-8,10-11,15,23-24,27H,5-6,9,12-14H2,1-2H3. The molecule has 4 nitrogen and oxygen atoms in total. The van der Waals surface area contributed by atoms with Gasteiger partial charge in [-0.25, -0.2) is 0 Å². The molecule has 0 bridgehead atoms. The molecule has 0 amide bonds. The van der Waals surface area contributed by atoms with Crippen molar-refractivity contribution >= 4 is 41.6 Å². The van der Waals surface area contributed by atoms with E-state index >= 15 is 0 Å². The first-order chi connectivity index (χ1) is 13.0. The highest BCUT2D eigenvalue weighted by molar-refractivity contribution is 7.81. The summed E-state index contributed by atoms with van der Waals surface area (Å²) in [5.41, 5.74) is 3.75. The van der Waals surface area contributed by atoms with Crippen LogP contribution < -0.4 is 14.9 Å². The van der Waals surface area contributed by atoms with Gasteiger partial charge in [-0.15, -0.1) is 0 Å². The highest BCUT2D eigenvalue weighted by Crippen LogP contribution is 2.27. The number of nitrogens with zero attached hydrogens (tertiary/aromatic N) is 1. The summed E-state index contributed by atoms with van der Waals surface area (Å²) in [6, 6.07) is 13.6. The normalized spacial score (nSPS) is 10.7. The summed E-state index contributed by atoms with van der Waals surface area (Å²) in [5.74, 6) is 0.177. The van der Waals surface area contributed by atoms with Crippen molar-refractivity contribution in [2.75, 3.05) is 36.8 Å². The van der Waals surface area contributed by atoms with Crippen molar-refractivity contribution < 1.29 is 4.79 Å². The Balaban J connectivity index is 1.68. The lowest BCUT2D eigenvalue weighted by molar-refractivity contribution is 0.0979. The van der Waals surface area contributed by atoms with E-state index in [4.69, 9.17) is 11.6 Å². The number of rotatable bonds is 11. The van der Waals surface area contributed by atoms with E-state index in [2.05, 4.69) is 29.5 Å². The van der Waals surface area contributed by atoms with Gasteiger partial charge in [-0.3, -0.25) is 4.79 Å². The lowest BCUT2D eigenvalue weighted by Gasteiger charge is -2.16. The first-order valence-electron chi connectivity index (χ1n) is 9.24. The van der Waals surface area contributed by atoms with E-state index in [0.29, 0.717) is 6.42 Å². The molecule has 2 aromatic carbocycles. The molecule has 0 aliphatic carbocycles. The third-order valence-corrected chi connectivity index (χ3v) is 5.06. The number of thiol groups is 1. The largest absolute Gasteiger partial charge is 0.386 e. The van der Waals surface area contributed by atoms with Gasteiger partial charge in [0.15, 0.2) is 5.78 Å². The number of carbonyl (C=O) groups is 1. The van der Waals surface area contributed by atoms with Gasteiger partial charge in [-0.05, 0) is 62.2 Å². The summed E-state index contributed by atoms with van der Waals surface area (Å²) >= 11 is 10.5. The van der Waals surface area contributed by atoms with Crippen LogP contribution in [-0.2, 0) is 6.42 Å². The summed E-state index contributed by atoms with van der Waals surface area (Å²) in [7, 11) is 3.71. The summed E-state index contributed by atoms with van der Waals surface area (Å²) in [4.78, 5) is 12.4. The van der Waals surface area contributed by atoms with Gasteiger partial charge in [0.1, 0.15) is 0 Å².